The summed E-state index contributed by atoms with van der Waals surface area (Å²) in [5.74, 6) is -0.908. The van der Waals surface area contributed by atoms with Gasteiger partial charge in [-0.05, 0) is 40.6 Å². The van der Waals surface area contributed by atoms with E-state index in [4.69, 9.17) is 0 Å². The fourth-order valence-corrected chi connectivity index (χ4v) is 6.03. The summed E-state index contributed by atoms with van der Waals surface area (Å²) in [6.07, 6.45) is 1.28. The highest BCUT2D eigenvalue weighted by Crippen LogP contribution is 2.39. The van der Waals surface area contributed by atoms with Crippen LogP contribution in [0.5, 0.6) is 0 Å². The van der Waals surface area contributed by atoms with Crippen molar-refractivity contribution in [2.24, 2.45) is 0 Å². The number of hydrogen-bond acceptors (Lipinski definition) is 6. The smallest absolute Gasteiger partial charge is 0.270 e. The van der Waals surface area contributed by atoms with Gasteiger partial charge in [-0.15, -0.1) is 22.7 Å². The molecule has 3 aromatic rings. The number of carbonyl (C=O) groups excluding carboxylic acids is 1. The average molecular weight is 435 g/mol. The Balaban J connectivity index is 1.68. The van der Waals surface area contributed by atoms with E-state index in [1.165, 1.54) is 57.4 Å². The highest BCUT2D eigenvalue weighted by molar-refractivity contribution is 7.97. The SMILES string of the molecule is O=C1C(=CNCc2cccs2)S(=O)(=O)N(Cc2ccc(F)cc2)c2ccsc21. The number of rotatable bonds is 5. The lowest BCUT2D eigenvalue weighted by atomic mass is 10.2. The molecule has 0 atom stereocenters. The van der Waals surface area contributed by atoms with Gasteiger partial charge < -0.3 is 5.32 Å². The fourth-order valence-electron chi connectivity index (χ4n) is 2.87. The number of fused-ring (bicyclic) bond motifs is 1. The maximum absolute atomic E-state index is 13.2. The third kappa shape index (κ3) is 3.48. The van der Waals surface area contributed by atoms with E-state index in [0.717, 1.165) is 4.88 Å². The first kappa shape index (κ1) is 18.9. The number of nitrogens with one attached hydrogen (secondary N) is 1. The molecule has 0 radical (unpaired) electrons. The summed E-state index contributed by atoms with van der Waals surface area (Å²) in [5, 5.41) is 6.55. The van der Waals surface area contributed by atoms with Crippen molar-refractivity contribution in [3.05, 3.63) is 85.5 Å². The largest absolute Gasteiger partial charge is 0.385 e. The molecule has 3 heterocycles. The molecule has 1 N–H and O–H groups in total. The predicted molar refractivity (Wildman–Crippen MR) is 109 cm³/mol. The highest BCUT2D eigenvalue weighted by Gasteiger charge is 2.41. The molecule has 5 nitrogen and oxygen atoms in total. The number of sulfonamides is 1. The second-order valence-electron chi connectivity index (χ2n) is 6.07. The van der Waals surface area contributed by atoms with Crippen LogP contribution < -0.4 is 9.62 Å². The van der Waals surface area contributed by atoms with Crippen LogP contribution in [0.25, 0.3) is 0 Å². The van der Waals surface area contributed by atoms with Gasteiger partial charge in [-0.2, -0.15) is 0 Å². The molecule has 2 aromatic heterocycles. The number of Topliss-reactive ketones (excluding diaryl/α,β-unsaturated/α-hetero) is 1. The molecule has 9 heteroatoms. The lowest BCUT2D eigenvalue weighted by Crippen LogP contribution is -2.38. The van der Waals surface area contributed by atoms with E-state index in [0.29, 0.717) is 22.7 Å². The summed E-state index contributed by atoms with van der Waals surface area (Å²) in [4.78, 5) is 13.9. The van der Waals surface area contributed by atoms with Gasteiger partial charge in [0.05, 0.1) is 12.2 Å². The average Bonchev–Trinajstić information content (AvgIpc) is 3.35. The van der Waals surface area contributed by atoms with E-state index >= 15 is 0 Å². The van der Waals surface area contributed by atoms with Crippen LogP contribution in [0.15, 0.2) is 64.3 Å². The number of ketones is 1. The third-order valence-electron chi connectivity index (χ3n) is 4.24. The highest BCUT2D eigenvalue weighted by atomic mass is 32.2. The van der Waals surface area contributed by atoms with Crippen molar-refractivity contribution in [3.63, 3.8) is 0 Å². The van der Waals surface area contributed by atoms with Gasteiger partial charge in [-0.3, -0.25) is 9.10 Å². The summed E-state index contributed by atoms with van der Waals surface area (Å²) < 4.78 is 40.7. The maximum atomic E-state index is 13.2. The Bertz CT molecular complexity index is 1130. The molecule has 0 saturated heterocycles. The molecule has 0 fully saturated rings. The second-order valence-corrected chi connectivity index (χ2v) is 9.85. The van der Waals surface area contributed by atoms with Gasteiger partial charge in [-0.25, -0.2) is 12.8 Å². The number of halogens is 1. The van der Waals surface area contributed by atoms with Crippen molar-refractivity contribution >= 4 is 44.2 Å². The normalized spacial score (nSPS) is 17.0. The molecule has 0 bridgehead atoms. The van der Waals surface area contributed by atoms with Gasteiger partial charge in [0.1, 0.15) is 10.7 Å². The van der Waals surface area contributed by atoms with E-state index in [1.807, 2.05) is 17.5 Å². The Morgan fingerprint density at radius 3 is 2.57 bits per heavy atom. The van der Waals surface area contributed by atoms with Gasteiger partial charge in [-0.1, -0.05) is 18.2 Å². The van der Waals surface area contributed by atoms with E-state index in [1.54, 1.807) is 11.4 Å². The van der Waals surface area contributed by atoms with Crippen LogP contribution in [0.2, 0.25) is 0 Å². The molecular formula is C19H15FN2O3S3. The van der Waals surface area contributed by atoms with Gasteiger partial charge in [0.15, 0.2) is 4.91 Å². The first-order valence-corrected chi connectivity index (χ1v) is 11.5. The zero-order valence-corrected chi connectivity index (χ0v) is 16.9. The summed E-state index contributed by atoms with van der Waals surface area (Å²) in [7, 11) is -4.05. The van der Waals surface area contributed by atoms with Crippen LogP contribution in [0.3, 0.4) is 0 Å². The van der Waals surface area contributed by atoms with Crippen LogP contribution in [-0.4, -0.2) is 14.2 Å². The van der Waals surface area contributed by atoms with Gasteiger partial charge in [0.25, 0.3) is 10.0 Å². The molecule has 1 aliphatic rings. The molecule has 0 saturated carbocycles. The van der Waals surface area contributed by atoms with Crippen LogP contribution in [0.1, 0.15) is 20.1 Å². The standard InChI is InChI=1S/C19H15FN2O3S3/c20-14-5-3-13(4-6-14)12-22-16-7-9-27-19(16)18(23)17(28(22,24)25)11-21-10-15-2-1-8-26-15/h1-9,11,21H,10,12H2. The van der Waals surface area contributed by atoms with E-state index < -0.39 is 21.6 Å². The van der Waals surface area contributed by atoms with Crippen molar-refractivity contribution in [2.45, 2.75) is 13.1 Å². The first-order chi connectivity index (χ1) is 13.5. The predicted octanol–water partition coefficient (Wildman–Crippen LogP) is 4.11. The zero-order chi connectivity index (χ0) is 19.7. The molecule has 0 amide bonds. The van der Waals surface area contributed by atoms with Crippen LogP contribution in [0, 0.1) is 5.82 Å². The zero-order valence-electron chi connectivity index (χ0n) is 14.5. The van der Waals surface area contributed by atoms with E-state index in [-0.39, 0.29) is 11.4 Å². The maximum Gasteiger partial charge on any atom is 0.270 e. The lowest BCUT2D eigenvalue weighted by Gasteiger charge is -2.29. The Hall–Kier alpha value is -2.49. The molecule has 4 rings (SSSR count). The summed E-state index contributed by atoms with van der Waals surface area (Å²) in [5.41, 5.74) is 0.983. The molecule has 1 aliphatic heterocycles. The minimum absolute atomic E-state index is 0.0158. The Kier molecular flexibility index (Phi) is 5.05. The topological polar surface area (TPSA) is 66.5 Å². The van der Waals surface area contributed by atoms with E-state index in [2.05, 4.69) is 5.32 Å². The van der Waals surface area contributed by atoms with Gasteiger partial charge in [0.2, 0.25) is 5.78 Å². The second kappa shape index (κ2) is 7.50. The molecule has 28 heavy (non-hydrogen) atoms. The number of hydrogen-bond donors (Lipinski definition) is 1. The Morgan fingerprint density at radius 2 is 1.86 bits per heavy atom. The summed E-state index contributed by atoms with van der Waals surface area (Å²) in [6, 6.07) is 11.1. The minimum atomic E-state index is -4.05. The summed E-state index contributed by atoms with van der Waals surface area (Å²) in [6.45, 7) is 0.446. The molecule has 0 aliphatic carbocycles. The minimum Gasteiger partial charge on any atom is -0.385 e. The number of benzene rings is 1. The van der Waals surface area contributed by atoms with E-state index in [9.17, 15) is 17.6 Å². The summed E-state index contributed by atoms with van der Waals surface area (Å²) >= 11 is 2.74. The van der Waals surface area contributed by atoms with Crippen LogP contribution in [-0.2, 0) is 23.1 Å². The number of anilines is 1. The molecule has 144 valence electrons. The number of carbonyl (C=O) groups is 1. The molecule has 0 spiro atoms. The van der Waals surface area contributed by atoms with Crippen molar-refractivity contribution < 1.29 is 17.6 Å². The number of nitrogens with zero attached hydrogens (tertiary/aromatic N) is 1. The van der Waals surface area contributed by atoms with Crippen molar-refractivity contribution in [2.75, 3.05) is 4.31 Å². The Morgan fingerprint density at radius 1 is 1.07 bits per heavy atom. The van der Waals surface area contributed by atoms with Crippen LogP contribution >= 0.6 is 22.7 Å². The quantitative estimate of drug-likeness (QED) is 0.614. The van der Waals surface area contributed by atoms with Crippen molar-refractivity contribution in [1.29, 1.82) is 0 Å². The Labute approximate surface area is 169 Å². The monoisotopic (exact) mass is 434 g/mol. The molecular weight excluding hydrogens is 419 g/mol. The lowest BCUT2D eigenvalue weighted by molar-refractivity contribution is 0.104. The van der Waals surface area contributed by atoms with Crippen LogP contribution in [0.4, 0.5) is 10.1 Å². The van der Waals surface area contributed by atoms with Gasteiger partial charge in [0, 0.05) is 17.6 Å². The number of thiophene rings is 2. The number of allylic oxidation sites excluding steroid dienone is 1. The fraction of sp³-hybridized carbons (Fsp3) is 0.105. The molecule has 1 aromatic carbocycles. The van der Waals surface area contributed by atoms with Gasteiger partial charge >= 0.3 is 0 Å². The van der Waals surface area contributed by atoms with Crippen molar-refractivity contribution in [1.82, 2.24) is 5.32 Å². The third-order valence-corrected chi connectivity index (χ3v) is 7.78. The molecule has 0 unspecified atom stereocenters. The van der Waals surface area contributed by atoms with Crippen molar-refractivity contribution in [3.8, 4) is 0 Å². The first-order valence-electron chi connectivity index (χ1n) is 8.32.